The molecule has 2 aromatic carbocycles. The molecule has 3 N–H and O–H groups in total. The molecular weight excluding hydrogens is 709 g/mol. The van der Waals surface area contributed by atoms with Gasteiger partial charge in [0, 0.05) is 34.8 Å². The van der Waals surface area contributed by atoms with Crippen molar-refractivity contribution in [2.75, 3.05) is 30.5 Å². The van der Waals surface area contributed by atoms with Crippen LogP contribution in [0, 0.1) is 5.82 Å². The lowest BCUT2D eigenvalue weighted by atomic mass is 10.1. The Morgan fingerprint density at radius 3 is 2.22 bits per heavy atom. The van der Waals surface area contributed by atoms with Crippen LogP contribution in [-0.2, 0) is 22.2 Å². The van der Waals surface area contributed by atoms with Crippen molar-refractivity contribution in [2.45, 2.75) is 29.9 Å². The Bertz CT molecular complexity index is 2110. The number of sulfone groups is 1. The summed E-state index contributed by atoms with van der Waals surface area (Å²) in [6.07, 6.45) is -7.09. The number of hydrogen-bond donors (Lipinski definition) is 3. The molecule has 0 unspecified atom stereocenters. The molecule has 19 heteroatoms. The Kier molecular flexibility index (Phi) is 9.13. The summed E-state index contributed by atoms with van der Waals surface area (Å²) in [5, 5.41) is 6.99. The SMILES string of the molecule is COc1ncc(C(=O)NCC2(S(C)(=O)=O)CC2)cc1C(=O)Nc1c(C(=O)Nc2ccc(F)c(C(F)(F)F)c2)sc2cc(C(F)(F)F)ccc12. The van der Waals surface area contributed by atoms with Crippen LogP contribution in [0.2, 0.25) is 0 Å². The maximum Gasteiger partial charge on any atom is 0.419 e. The van der Waals surface area contributed by atoms with Crippen LogP contribution in [0.4, 0.5) is 42.1 Å². The summed E-state index contributed by atoms with van der Waals surface area (Å²) in [5.74, 6) is -4.90. The summed E-state index contributed by atoms with van der Waals surface area (Å²) < 4.78 is 122. The Morgan fingerprint density at radius 2 is 1.63 bits per heavy atom. The second-order valence-electron chi connectivity index (χ2n) is 11.0. The van der Waals surface area contributed by atoms with Crippen LogP contribution in [0.3, 0.4) is 0 Å². The van der Waals surface area contributed by atoms with Crippen molar-refractivity contribution >= 4 is 60.4 Å². The van der Waals surface area contributed by atoms with Crippen molar-refractivity contribution in [2.24, 2.45) is 0 Å². The number of aromatic nitrogens is 1. The third-order valence-corrected chi connectivity index (χ3v) is 11.0. The van der Waals surface area contributed by atoms with E-state index in [0.29, 0.717) is 48.4 Å². The smallest absolute Gasteiger partial charge is 0.419 e. The maximum absolute atomic E-state index is 13.8. The van der Waals surface area contributed by atoms with Gasteiger partial charge in [-0.05, 0) is 49.2 Å². The number of fused-ring (bicyclic) bond motifs is 1. The van der Waals surface area contributed by atoms with E-state index in [1.54, 1.807) is 0 Å². The van der Waals surface area contributed by atoms with E-state index in [4.69, 9.17) is 4.74 Å². The highest BCUT2D eigenvalue weighted by atomic mass is 32.2. The van der Waals surface area contributed by atoms with Gasteiger partial charge in [0.1, 0.15) is 16.3 Å². The molecule has 1 saturated carbocycles. The van der Waals surface area contributed by atoms with Crippen molar-refractivity contribution in [3.63, 3.8) is 0 Å². The largest absolute Gasteiger partial charge is 0.480 e. The zero-order chi connectivity index (χ0) is 36.1. The van der Waals surface area contributed by atoms with Gasteiger partial charge in [0.15, 0.2) is 9.84 Å². The van der Waals surface area contributed by atoms with Gasteiger partial charge >= 0.3 is 12.4 Å². The first-order valence-electron chi connectivity index (χ1n) is 13.9. The highest BCUT2D eigenvalue weighted by Crippen LogP contribution is 2.43. The van der Waals surface area contributed by atoms with Crippen LogP contribution < -0.4 is 20.7 Å². The number of amides is 3. The fraction of sp³-hybridized carbons (Fsp3) is 0.267. The highest BCUT2D eigenvalue weighted by Gasteiger charge is 2.52. The normalized spacial score (nSPS) is 14.3. The molecule has 260 valence electrons. The number of benzene rings is 2. The van der Waals surface area contributed by atoms with E-state index in [0.717, 1.165) is 37.8 Å². The topological polar surface area (TPSA) is 144 Å². The van der Waals surface area contributed by atoms with E-state index < -0.39 is 72.2 Å². The number of pyridine rings is 1. The van der Waals surface area contributed by atoms with E-state index in [1.807, 2.05) is 0 Å². The van der Waals surface area contributed by atoms with Crippen LogP contribution in [0.15, 0.2) is 48.7 Å². The number of methoxy groups -OCH3 is 1. The fourth-order valence-corrected chi connectivity index (χ4v) is 7.08. The molecule has 2 heterocycles. The lowest BCUT2D eigenvalue weighted by Crippen LogP contribution is -2.38. The third kappa shape index (κ3) is 7.31. The number of nitrogens with one attached hydrogen (secondary N) is 3. The molecule has 1 fully saturated rings. The molecule has 5 rings (SSSR count). The van der Waals surface area contributed by atoms with Crippen molar-refractivity contribution in [3.8, 4) is 5.88 Å². The van der Waals surface area contributed by atoms with Crippen LogP contribution >= 0.6 is 11.3 Å². The van der Waals surface area contributed by atoms with Crippen LogP contribution in [0.1, 0.15) is 54.4 Å². The average molecular weight is 733 g/mol. The number of hydrogen-bond acceptors (Lipinski definition) is 8. The molecule has 3 amide bonds. The molecule has 2 aromatic heterocycles. The molecule has 0 aliphatic heterocycles. The third-order valence-electron chi connectivity index (χ3n) is 7.71. The van der Waals surface area contributed by atoms with Gasteiger partial charge in [0.25, 0.3) is 17.7 Å². The van der Waals surface area contributed by atoms with Gasteiger partial charge in [0.2, 0.25) is 5.88 Å². The minimum atomic E-state index is -5.11. The Hall–Kier alpha value is -4.78. The monoisotopic (exact) mass is 732 g/mol. The van der Waals surface area contributed by atoms with Gasteiger partial charge in [-0.15, -0.1) is 11.3 Å². The van der Waals surface area contributed by atoms with Gasteiger partial charge in [0.05, 0.1) is 34.2 Å². The molecule has 4 aromatic rings. The van der Waals surface area contributed by atoms with E-state index in [1.165, 1.54) is 0 Å². The molecule has 0 spiro atoms. The summed E-state index contributed by atoms with van der Waals surface area (Å²) in [7, 11) is -2.33. The number of nitrogens with zero attached hydrogens (tertiary/aromatic N) is 1. The molecule has 0 saturated heterocycles. The van der Waals surface area contributed by atoms with Gasteiger partial charge in [-0.1, -0.05) is 6.07 Å². The number of halogens is 7. The number of rotatable bonds is 9. The summed E-state index contributed by atoms with van der Waals surface area (Å²) in [6.45, 7) is -0.198. The fourth-order valence-electron chi connectivity index (χ4n) is 4.81. The molecule has 1 aliphatic rings. The molecule has 10 nitrogen and oxygen atoms in total. The number of alkyl halides is 6. The first-order valence-corrected chi connectivity index (χ1v) is 16.6. The molecule has 0 radical (unpaired) electrons. The number of ether oxygens (including phenoxy) is 1. The first-order chi connectivity index (χ1) is 22.7. The summed E-state index contributed by atoms with van der Waals surface area (Å²) in [6, 6.07) is 5.08. The van der Waals surface area contributed by atoms with Gasteiger partial charge in [-0.25, -0.2) is 17.8 Å². The molecule has 49 heavy (non-hydrogen) atoms. The predicted molar refractivity (Wildman–Crippen MR) is 164 cm³/mol. The quantitative estimate of drug-likeness (QED) is 0.172. The molecule has 0 bridgehead atoms. The average Bonchev–Trinajstić information content (AvgIpc) is 3.75. The number of anilines is 2. The van der Waals surface area contributed by atoms with Gasteiger partial charge in [-0.2, -0.15) is 26.3 Å². The Balaban J connectivity index is 1.50. The summed E-state index contributed by atoms with van der Waals surface area (Å²) >= 11 is 0.483. The van der Waals surface area contributed by atoms with Crippen LogP contribution in [0.5, 0.6) is 5.88 Å². The summed E-state index contributed by atoms with van der Waals surface area (Å²) in [4.78, 5) is 43.4. The van der Waals surface area contributed by atoms with Crippen LogP contribution in [-0.4, -0.2) is 55.8 Å². The number of carbonyl (C=O) groups is 3. The van der Waals surface area contributed by atoms with E-state index >= 15 is 0 Å². The number of carbonyl (C=O) groups excluding carboxylic acids is 3. The minimum Gasteiger partial charge on any atom is -0.480 e. The van der Waals surface area contributed by atoms with Crippen molar-refractivity contribution < 1.29 is 58.3 Å². The molecule has 1 aliphatic carbocycles. The second kappa shape index (κ2) is 12.6. The number of thiophene rings is 1. The Labute approximate surface area is 276 Å². The predicted octanol–water partition coefficient (Wildman–Crippen LogP) is 6.29. The van der Waals surface area contributed by atoms with E-state index in [9.17, 15) is 53.5 Å². The first kappa shape index (κ1) is 35.5. The molecular formula is C30H23F7N4O6S2. The highest BCUT2D eigenvalue weighted by molar-refractivity contribution is 7.92. The second-order valence-corrected chi connectivity index (χ2v) is 14.5. The van der Waals surface area contributed by atoms with Crippen molar-refractivity contribution in [3.05, 3.63) is 81.6 Å². The zero-order valence-electron chi connectivity index (χ0n) is 25.1. The van der Waals surface area contributed by atoms with Crippen LogP contribution in [0.25, 0.3) is 10.1 Å². The summed E-state index contributed by atoms with van der Waals surface area (Å²) in [5.41, 5.74) is -4.17. The standard InChI is InChI=1S/C30H23F7N4O6S2/c1-47-27-18(9-14(12-38-27)24(42)39-13-28(7-8-28)49(2,45)46)25(43)41-22-17-5-3-15(29(32,33)34)10-21(17)48-23(22)26(44)40-16-4-6-20(31)19(11-16)30(35,36)37/h3-6,9-12H,7-8,13H2,1-2H3,(H,39,42)(H,40,44)(H,41,43). The van der Waals surface area contributed by atoms with Crippen molar-refractivity contribution in [1.82, 2.24) is 10.3 Å². The lowest BCUT2D eigenvalue weighted by Gasteiger charge is -2.15. The van der Waals surface area contributed by atoms with E-state index in [-0.39, 0.29) is 39.3 Å². The zero-order valence-corrected chi connectivity index (χ0v) is 26.7. The Morgan fingerprint density at radius 1 is 0.939 bits per heavy atom. The van der Waals surface area contributed by atoms with Crippen molar-refractivity contribution in [1.29, 1.82) is 0 Å². The minimum absolute atomic E-state index is 0.0529. The van der Waals surface area contributed by atoms with Gasteiger partial charge in [-0.3, -0.25) is 14.4 Å². The van der Waals surface area contributed by atoms with Gasteiger partial charge < -0.3 is 20.7 Å². The van der Waals surface area contributed by atoms with E-state index in [2.05, 4.69) is 20.9 Å². The molecule has 0 atom stereocenters. The lowest BCUT2D eigenvalue weighted by molar-refractivity contribution is -0.140. The maximum atomic E-state index is 13.8.